The lowest BCUT2D eigenvalue weighted by atomic mass is 9.81. The summed E-state index contributed by atoms with van der Waals surface area (Å²) in [4.78, 5) is 13.0. The highest BCUT2D eigenvalue weighted by atomic mass is 16.5. The van der Waals surface area contributed by atoms with E-state index in [4.69, 9.17) is 10.00 Å². The van der Waals surface area contributed by atoms with Gasteiger partial charge in [-0.3, -0.25) is 0 Å². The van der Waals surface area contributed by atoms with Gasteiger partial charge in [0.1, 0.15) is 5.75 Å². The highest BCUT2D eigenvalue weighted by Crippen LogP contribution is 2.35. The molecule has 0 heterocycles. The molecule has 0 atom stereocenters. The molecule has 3 heteroatoms. The summed E-state index contributed by atoms with van der Waals surface area (Å²) in [7, 11) is 0. The van der Waals surface area contributed by atoms with Crippen molar-refractivity contribution in [3.63, 3.8) is 0 Å². The number of nitriles is 1. The molecule has 3 rings (SSSR count). The van der Waals surface area contributed by atoms with E-state index in [1.54, 1.807) is 24.3 Å². The Bertz CT molecular complexity index is 857. The van der Waals surface area contributed by atoms with Crippen LogP contribution in [0.4, 0.5) is 0 Å². The van der Waals surface area contributed by atoms with E-state index in [1.165, 1.54) is 62.5 Å². The lowest BCUT2D eigenvalue weighted by Gasteiger charge is -2.24. The zero-order chi connectivity index (χ0) is 21.2. The minimum Gasteiger partial charge on any atom is -0.423 e. The number of carbonyl (C=O) groups excluding carboxylic acids is 1. The minimum absolute atomic E-state index is 0.297. The maximum Gasteiger partial charge on any atom is 0.343 e. The lowest BCUT2D eigenvalue weighted by Crippen LogP contribution is -2.15. The first-order valence-corrected chi connectivity index (χ1v) is 11.6. The van der Waals surface area contributed by atoms with Crippen molar-refractivity contribution in [3.8, 4) is 11.8 Å². The van der Waals surface area contributed by atoms with Crippen LogP contribution in [0, 0.1) is 11.3 Å². The molecule has 0 unspecified atom stereocenters. The van der Waals surface area contributed by atoms with Crippen molar-refractivity contribution in [2.75, 3.05) is 0 Å². The second-order valence-electron chi connectivity index (χ2n) is 8.45. The van der Waals surface area contributed by atoms with Gasteiger partial charge in [-0.15, -0.1) is 0 Å². The van der Waals surface area contributed by atoms with Crippen LogP contribution >= 0.6 is 0 Å². The number of ether oxygens (including phenoxy) is 1. The van der Waals surface area contributed by atoms with Gasteiger partial charge < -0.3 is 4.74 Å². The highest BCUT2D eigenvalue weighted by molar-refractivity contribution is 5.93. The Labute approximate surface area is 181 Å². The SMILES string of the molecule is CCCCCCCc1ccc(C(=O)Oc2ccc(C#N)cc2)c(C2CCCCC2)c1. The topological polar surface area (TPSA) is 50.1 Å². The Kier molecular flexibility index (Phi) is 8.51. The normalized spacial score (nSPS) is 14.3. The summed E-state index contributed by atoms with van der Waals surface area (Å²) in [6, 6.07) is 15.1. The number of nitrogens with zero attached hydrogens (tertiary/aromatic N) is 1. The third-order valence-corrected chi connectivity index (χ3v) is 6.14. The fourth-order valence-corrected chi connectivity index (χ4v) is 4.40. The molecule has 0 spiro atoms. The number of unbranched alkanes of at least 4 members (excludes halogenated alkanes) is 4. The second-order valence-corrected chi connectivity index (χ2v) is 8.45. The number of esters is 1. The third-order valence-electron chi connectivity index (χ3n) is 6.14. The molecule has 30 heavy (non-hydrogen) atoms. The Morgan fingerprint density at radius 2 is 1.73 bits per heavy atom. The molecule has 1 saturated carbocycles. The summed E-state index contributed by atoms with van der Waals surface area (Å²) < 4.78 is 5.65. The van der Waals surface area contributed by atoms with Crippen molar-refractivity contribution in [1.82, 2.24) is 0 Å². The largest absolute Gasteiger partial charge is 0.423 e. The van der Waals surface area contributed by atoms with Gasteiger partial charge in [-0.25, -0.2) is 4.79 Å². The molecule has 0 bridgehead atoms. The zero-order valence-electron chi connectivity index (χ0n) is 18.2. The lowest BCUT2D eigenvalue weighted by molar-refractivity contribution is 0.0732. The number of hydrogen-bond donors (Lipinski definition) is 0. The van der Waals surface area contributed by atoms with E-state index in [0.29, 0.717) is 22.8 Å². The van der Waals surface area contributed by atoms with Gasteiger partial charge in [0.05, 0.1) is 17.2 Å². The quantitative estimate of drug-likeness (QED) is 0.250. The fraction of sp³-hybridized carbons (Fsp3) is 0.481. The van der Waals surface area contributed by atoms with Gasteiger partial charge in [0.2, 0.25) is 0 Å². The Hall–Kier alpha value is -2.60. The van der Waals surface area contributed by atoms with Crippen molar-refractivity contribution >= 4 is 5.97 Å². The summed E-state index contributed by atoms with van der Waals surface area (Å²) in [5.74, 6) is 0.630. The predicted molar refractivity (Wildman–Crippen MR) is 121 cm³/mol. The highest BCUT2D eigenvalue weighted by Gasteiger charge is 2.23. The maximum absolute atomic E-state index is 13.0. The molecule has 2 aromatic carbocycles. The van der Waals surface area contributed by atoms with Crippen LogP contribution in [0.2, 0.25) is 0 Å². The van der Waals surface area contributed by atoms with Crippen molar-refractivity contribution in [3.05, 3.63) is 64.7 Å². The molecule has 0 N–H and O–H groups in total. The van der Waals surface area contributed by atoms with Crippen molar-refractivity contribution in [2.24, 2.45) is 0 Å². The molecule has 2 aromatic rings. The average molecular weight is 404 g/mol. The standard InChI is InChI=1S/C27H33NO2/c1-2-3-4-5-7-10-21-15-18-25(26(19-21)23-11-8-6-9-12-23)27(29)30-24-16-13-22(20-28)14-17-24/h13-19,23H,2-12H2,1H3. The summed E-state index contributed by atoms with van der Waals surface area (Å²) >= 11 is 0. The van der Waals surface area contributed by atoms with Crippen molar-refractivity contribution in [2.45, 2.75) is 83.5 Å². The number of aryl methyl sites for hydroxylation is 1. The van der Waals surface area contributed by atoms with Gasteiger partial charge in [0.25, 0.3) is 0 Å². The summed E-state index contributed by atoms with van der Waals surface area (Å²) in [6.45, 7) is 2.24. The van der Waals surface area contributed by atoms with Crippen LogP contribution in [0.5, 0.6) is 5.75 Å². The molecule has 158 valence electrons. The van der Waals surface area contributed by atoms with Gasteiger partial charge in [0, 0.05) is 0 Å². The molecule has 0 aromatic heterocycles. The van der Waals surface area contributed by atoms with E-state index < -0.39 is 0 Å². The monoisotopic (exact) mass is 403 g/mol. The van der Waals surface area contributed by atoms with Gasteiger partial charge in [-0.2, -0.15) is 5.26 Å². The first-order valence-electron chi connectivity index (χ1n) is 11.6. The number of benzene rings is 2. The first-order chi connectivity index (χ1) is 14.7. The second kappa shape index (κ2) is 11.6. The molecule has 1 aliphatic rings. The van der Waals surface area contributed by atoms with Crippen molar-refractivity contribution in [1.29, 1.82) is 5.26 Å². The smallest absolute Gasteiger partial charge is 0.343 e. The van der Waals surface area contributed by atoms with Crippen LogP contribution < -0.4 is 4.74 Å². The van der Waals surface area contributed by atoms with E-state index in [1.807, 2.05) is 6.07 Å². The summed E-state index contributed by atoms with van der Waals surface area (Å²) in [5.41, 5.74) is 3.75. The summed E-state index contributed by atoms with van der Waals surface area (Å²) in [6.07, 6.45) is 13.5. The van der Waals surface area contributed by atoms with Crippen LogP contribution in [-0.2, 0) is 6.42 Å². The number of hydrogen-bond acceptors (Lipinski definition) is 3. The minimum atomic E-state index is -0.297. The Morgan fingerprint density at radius 1 is 1.00 bits per heavy atom. The van der Waals surface area contributed by atoms with Crippen LogP contribution in [0.1, 0.15) is 104 Å². The van der Waals surface area contributed by atoms with E-state index >= 15 is 0 Å². The average Bonchev–Trinajstić information content (AvgIpc) is 2.80. The predicted octanol–water partition coefficient (Wildman–Crippen LogP) is 7.34. The van der Waals surface area contributed by atoms with Gasteiger partial charge in [0.15, 0.2) is 0 Å². The van der Waals surface area contributed by atoms with Crippen LogP contribution in [0.15, 0.2) is 42.5 Å². The Balaban J connectivity index is 1.75. The molecule has 0 radical (unpaired) electrons. The Morgan fingerprint density at radius 3 is 2.43 bits per heavy atom. The number of carbonyl (C=O) groups is 1. The van der Waals surface area contributed by atoms with Crippen LogP contribution in [0.25, 0.3) is 0 Å². The molecule has 1 fully saturated rings. The molecule has 0 aliphatic heterocycles. The van der Waals surface area contributed by atoms with Gasteiger partial charge >= 0.3 is 5.97 Å². The third kappa shape index (κ3) is 6.20. The van der Waals surface area contributed by atoms with E-state index in [-0.39, 0.29) is 5.97 Å². The molecule has 0 amide bonds. The van der Waals surface area contributed by atoms with E-state index in [9.17, 15) is 4.79 Å². The molecule has 3 nitrogen and oxygen atoms in total. The maximum atomic E-state index is 13.0. The molecule has 1 aliphatic carbocycles. The van der Waals surface area contributed by atoms with Gasteiger partial charge in [-0.1, -0.05) is 64.0 Å². The van der Waals surface area contributed by atoms with Crippen molar-refractivity contribution < 1.29 is 9.53 Å². The van der Waals surface area contributed by atoms with E-state index in [2.05, 4.69) is 25.1 Å². The molecular formula is C27H33NO2. The number of rotatable bonds is 9. The molecule has 0 saturated heterocycles. The first kappa shape index (κ1) is 22.1. The zero-order valence-corrected chi connectivity index (χ0v) is 18.2. The van der Waals surface area contributed by atoms with Gasteiger partial charge in [-0.05, 0) is 73.1 Å². The van der Waals surface area contributed by atoms with Crippen LogP contribution in [0.3, 0.4) is 0 Å². The fourth-order valence-electron chi connectivity index (χ4n) is 4.40. The van der Waals surface area contributed by atoms with E-state index in [0.717, 1.165) is 19.3 Å². The molecular weight excluding hydrogens is 370 g/mol. The summed E-state index contributed by atoms with van der Waals surface area (Å²) in [5, 5.41) is 8.94. The van der Waals surface area contributed by atoms with Crippen LogP contribution in [-0.4, -0.2) is 5.97 Å².